The van der Waals surface area contributed by atoms with Gasteiger partial charge < -0.3 is 10.6 Å². The zero-order valence-corrected chi connectivity index (χ0v) is 11.5. The summed E-state index contributed by atoms with van der Waals surface area (Å²) >= 11 is 0. The quantitative estimate of drug-likeness (QED) is 0.815. The molecule has 100 valence electrons. The Balaban J connectivity index is 2.94. The number of carbonyl (C=O) groups is 2. The van der Waals surface area contributed by atoms with Gasteiger partial charge in [0.2, 0.25) is 0 Å². The Labute approximate surface area is 113 Å². The van der Waals surface area contributed by atoms with Gasteiger partial charge >= 0.3 is 0 Å². The van der Waals surface area contributed by atoms with Crippen molar-refractivity contribution in [2.24, 2.45) is 0 Å². The van der Waals surface area contributed by atoms with Gasteiger partial charge in [0.1, 0.15) is 0 Å². The van der Waals surface area contributed by atoms with Gasteiger partial charge in [-0.1, -0.05) is 19.2 Å². The lowest BCUT2D eigenvalue weighted by Gasteiger charge is -2.11. The number of aryl methyl sites for hydroxylation is 1. The van der Waals surface area contributed by atoms with Crippen molar-refractivity contribution in [3.8, 4) is 0 Å². The summed E-state index contributed by atoms with van der Waals surface area (Å²) in [5.41, 5.74) is 3.01. The molecule has 0 aliphatic heterocycles. The standard InChI is InChI=1S/C15H18N2O2/c1-9(2)14(18)16-12-7-6-11(5)13(8-12)17-15(19)10(3)4/h6-8H,1,3H2,2,4-5H3,(H,16,18)(H,17,19). The van der Waals surface area contributed by atoms with Crippen molar-refractivity contribution in [1.29, 1.82) is 0 Å². The predicted octanol–water partition coefficient (Wildman–Crippen LogP) is 3.02. The van der Waals surface area contributed by atoms with Gasteiger partial charge in [0.15, 0.2) is 0 Å². The topological polar surface area (TPSA) is 58.2 Å². The number of hydrogen-bond donors (Lipinski definition) is 2. The maximum atomic E-state index is 11.6. The highest BCUT2D eigenvalue weighted by molar-refractivity contribution is 6.05. The summed E-state index contributed by atoms with van der Waals surface area (Å²) in [5, 5.41) is 5.44. The molecule has 0 heterocycles. The summed E-state index contributed by atoms with van der Waals surface area (Å²) in [6, 6.07) is 5.30. The number of amides is 2. The fraction of sp³-hybridized carbons (Fsp3) is 0.200. The summed E-state index contributed by atoms with van der Waals surface area (Å²) < 4.78 is 0. The van der Waals surface area contributed by atoms with Gasteiger partial charge in [0, 0.05) is 22.5 Å². The normalized spacial score (nSPS) is 9.63. The lowest BCUT2D eigenvalue weighted by molar-refractivity contribution is -0.113. The molecular formula is C15H18N2O2. The molecule has 0 fully saturated rings. The number of hydrogen-bond acceptors (Lipinski definition) is 2. The van der Waals surface area contributed by atoms with E-state index in [4.69, 9.17) is 0 Å². The van der Waals surface area contributed by atoms with Crippen LogP contribution in [0.4, 0.5) is 11.4 Å². The van der Waals surface area contributed by atoms with Crippen LogP contribution in [0.2, 0.25) is 0 Å². The molecule has 0 atom stereocenters. The molecule has 2 amide bonds. The Kier molecular flexibility index (Phi) is 4.64. The van der Waals surface area contributed by atoms with Crippen molar-refractivity contribution in [2.45, 2.75) is 20.8 Å². The van der Waals surface area contributed by atoms with Crippen LogP contribution in [0.3, 0.4) is 0 Å². The van der Waals surface area contributed by atoms with E-state index in [2.05, 4.69) is 23.8 Å². The summed E-state index contributed by atoms with van der Waals surface area (Å²) in [4.78, 5) is 23.1. The van der Waals surface area contributed by atoms with Crippen LogP contribution in [0.1, 0.15) is 19.4 Å². The molecule has 0 aliphatic carbocycles. The fourth-order valence-electron chi connectivity index (χ4n) is 1.30. The molecule has 0 aliphatic rings. The molecule has 0 bridgehead atoms. The van der Waals surface area contributed by atoms with Crippen molar-refractivity contribution in [2.75, 3.05) is 10.6 Å². The van der Waals surface area contributed by atoms with Gasteiger partial charge in [0.25, 0.3) is 11.8 Å². The molecule has 1 aromatic carbocycles. The SMILES string of the molecule is C=C(C)C(=O)Nc1ccc(C)c(NC(=O)C(=C)C)c1. The molecule has 2 N–H and O–H groups in total. The number of rotatable bonds is 4. The molecule has 0 saturated carbocycles. The molecule has 0 saturated heterocycles. The minimum Gasteiger partial charge on any atom is -0.322 e. The maximum absolute atomic E-state index is 11.6. The lowest BCUT2D eigenvalue weighted by atomic mass is 10.1. The molecule has 0 unspecified atom stereocenters. The second-order valence-corrected chi connectivity index (χ2v) is 4.50. The molecule has 4 nitrogen and oxygen atoms in total. The maximum Gasteiger partial charge on any atom is 0.250 e. The average Bonchev–Trinajstić information content (AvgIpc) is 2.32. The monoisotopic (exact) mass is 258 g/mol. The third-order valence-corrected chi connectivity index (χ3v) is 2.52. The largest absolute Gasteiger partial charge is 0.322 e. The lowest BCUT2D eigenvalue weighted by Crippen LogP contribution is -2.14. The summed E-state index contributed by atoms with van der Waals surface area (Å²) in [6.07, 6.45) is 0. The van der Waals surface area contributed by atoms with Crippen LogP contribution < -0.4 is 10.6 Å². The van der Waals surface area contributed by atoms with E-state index >= 15 is 0 Å². The Morgan fingerprint density at radius 1 is 1.00 bits per heavy atom. The van der Waals surface area contributed by atoms with E-state index in [0.717, 1.165) is 5.56 Å². The van der Waals surface area contributed by atoms with Crippen LogP contribution >= 0.6 is 0 Å². The van der Waals surface area contributed by atoms with Gasteiger partial charge in [-0.15, -0.1) is 0 Å². The first kappa shape index (κ1) is 14.7. The van der Waals surface area contributed by atoms with Crippen LogP contribution in [0.25, 0.3) is 0 Å². The molecular weight excluding hydrogens is 240 g/mol. The number of anilines is 2. The minimum atomic E-state index is -0.249. The number of carbonyl (C=O) groups excluding carboxylic acids is 2. The van der Waals surface area contributed by atoms with Crippen molar-refractivity contribution in [1.82, 2.24) is 0 Å². The van der Waals surface area contributed by atoms with E-state index in [-0.39, 0.29) is 11.8 Å². The Morgan fingerprint density at radius 2 is 1.53 bits per heavy atom. The number of benzene rings is 1. The first-order chi connectivity index (χ1) is 8.81. The Morgan fingerprint density at radius 3 is 2.05 bits per heavy atom. The van der Waals surface area contributed by atoms with E-state index in [0.29, 0.717) is 22.5 Å². The zero-order valence-electron chi connectivity index (χ0n) is 11.5. The Bertz CT molecular complexity index is 559. The van der Waals surface area contributed by atoms with E-state index < -0.39 is 0 Å². The molecule has 0 spiro atoms. The Hall–Kier alpha value is -2.36. The number of nitrogens with one attached hydrogen (secondary N) is 2. The molecule has 0 aromatic heterocycles. The first-order valence-corrected chi connectivity index (χ1v) is 5.85. The summed E-state index contributed by atoms with van der Waals surface area (Å²) in [7, 11) is 0. The minimum absolute atomic E-state index is 0.244. The van der Waals surface area contributed by atoms with Gasteiger partial charge in [-0.25, -0.2) is 0 Å². The summed E-state index contributed by atoms with van der Waals surface area (Å²) in [5.74, 6) is -0.493. The molecule has 1 aromatic rings. The highest BCUT2D eigenvalue weighted by Crippen LogP contribution is 2.21. The smallest absolute Gasteiger partial charge is 0.250 e. The van der Waals surface area contributed by atoms with Gasteiger partial charge in [-0.2, -0.15) is 0 Å². The fourth-order valence-corrected chi connectivity index (χ4v) is 1.30. The van der Waals surface area contributed by atoms with Crippen LogP contribution in [-0.2, 0) is 9.59 Å². The van der Waals surface area contributed by atoms with E-state index in [1.54, 1.807) is 26.0 Å². The molecule has 0 radical (unpaired) electrons. The van der Waals surface area contributed by atoms with Crippen LogP contribution in [0.5, 0.6) is 0 Å². The second kappa shape index (κ2) is 6.00. The highest BCUT2D eigenvalue weighted by Gasteiger charge is 2.08. The van der Waals surface area contributed by atoms with Crippen LogP contribution in [0.15, 0.2) is 42.5 Å². The van der Waals surface area contributed by atoms with Crippen molar-refractivity contribution in [3.05, 3.63) is 48.1 Å². The van der Waals surface area contributed by atoms with E-state index in [1.165, 1.54) is 0 Å². The van der Waals surface area contributed by atoms with Gasteiger partial charge in [0.05, 0.1) is 0 Å². The predicted molar refractivity (Wildman–Crippen MR) is 78.1 cm³/mol. The highest BCUT2D eigenvalue weighted by atomic mass is 16.2. The van der Waals surface area contributed by atoms with Crippen LogP contribution in [0, 0.1) is 6.92 Å². The third-order valence-electron chi connectivity index (χ3n) is 2.52. The first-order valence-electron chi connectivity index (χ1n) is 5.85. The zero-order chi connectivity index (χ0) is 14.6. The van der Waals surface area contributed by atoms with Crippen molar-refractivity contribution >= 4 is 23.2 Å². The van der Waals surface area contributed by atoms with E-state index in [1.807, 2.05) is 13.0 Å². The summed E-state index contributed by atoms with van der Waals surface area (Å²) in [6.45, 7) is 12.3. The van der Waals surface area contributed by atoms with Crippen LogP contribution in [-0.4, -0.2) is 11.8 Å². The molecule has 19 heavy (non-hydrogen) atoms. The average molecular weight is 258 g/mol. The van der Waals surface area contributed by atoms with Gasteiger partial charge in [-0.05, 0) is 38.5 Å². The molecule has 1 rings (SSSR count). The van der Waals surface area contributed by atoms with Gasteiger partial charge in [-0.3, -0.25) is 9.59 Å². The third kappa shape index (κ3) is 4.10. The van der Waals surface area contributed by atoms with E-state index in [9.17, 15) is 9.59 Å². The molecule has 4 heteroatoms. The second-order valence-electron chi connectivity index (χ2n) is 4.50. The van der Waals surface area contributed by atoms with Crippen molar-refractivity contribution < 1.29 is 9.59 Å². The van der Waals surface area contributed by atoms with Crippen molar-refractivity contribution in [3.63, 3.8) is 0 Å².